The predicted octanol–water partition coefficient (Wildman–Crippen LogP) is 5.35. The second-order valence-electron chi connectivity index (χ2n) is 6.41. The van der Waals surface area contributed by atoms with Crippen LogP contribution in [0.5, 0.6) is 0 Å². The van der Waals surface area contributed by atoms with Crippen LogP contribution in [0.25, 0.3) is 16.9 Å². The van der Waals surface area contributed by atoms with E-state index in [2.05, 4.69) is 5.10 Å². The number of esters is 1. The molecule has 2 aromatic carbocycles. The summed E-state index contributed by atoms with van der Waals surface area (Å²) in [7, 11) is 0. The second-order valence-corrected chi connectivity index (χ2v) is 6.41. The van der Waals surface area contributed by atoms with Gasteiger partial charge in [-0.2, -0.15) is 18.3 Å². The number of hydrogen-bond donors (Lipinski definition) is 0. The third-order valence-electron chi connectivity index (χ3n) is 4.29. The zero-order valence-corrected chi connectivity index (χ0v) is 15.7. The molecule has 1 aromatic heterocycles. The molecule has 0 atom stereocenters. The van der Waals surface area contributed by atoms with E-state index in [-0.39, 0.29) is 6.61 Å². The lowest BCUT2D eigenvalue weighted by Gasteiger charge is -2.11. The lowest BCUT2D eigenvalue weighted by atomic mass is 10.0. The number of ether oxygens (including phenoxy) is 1. The zero-order chi connectivity index (χ0) is 20.5. The van der Waals surface area contributed by atoms with Gasteiger partial charge >= 0.3 is 12.1 Å². The Morgan fingerprint density at radius 3 is 2.36 bits per heavy atom. The van der Waals surface area contributed by atoms with Gasteiger partial charge in [-0.25, -0.2) is 9.48 Å². The molecule has 0 bridgehead atoms. The first-order valence-corrected chi connectivity index (χ1v) is 8.73. The highest BCUT2D eigenvalue weighted by atomic mass is 19.4. The third-order valence-corrected chi connectivity index (χ3v) is 4.29. The smallest absolute Gasteiger partial charge is 0.435 e. The van der Waals surface area contributed by atoms with E-state index in [0.29, 0.717) is 22.5 Å². The molecule has 0 aliphatic heterocycles. The number of carbonyl (C=O) groups is 1. The molecule has 3 aromatic rings. The Balaban J connectivity index is 2.13. The van der Waals surface area contributed by atoms with Crippen LogP contribution >= 0.6 is 0 Å². The number of carbonyl (C=O) groups excluding carboxylic acids is 1. The van der Waals surface area contributed by atoms with Crippen LogP contribution in [-0.4, -0.2) is 22.4 Å². The van der Waals surface area contributed by atoms with Gasteiger partial charge in [-0.15, -0.1) is 0 Å². The molecule has 0 saturated heterocycles. The van der Waals surface area contributed by atoms with Gasteiger partial charge in [0.25, 0.3) is 0 Å². The highest BCUT2D eigenvalue weighted by Crippen LogP contribution is 2.34. The van der Waals surface area contributed by atoms with Gasteiger partial charge in [0, 0.05) is 5.56 Å². The van der Waals surface area contributed by atoms with Gasteiger partial charge in [-0.05, 0) is 62.7 Å². The monoisotopic (exact) mass is 388 g/mol. The summed E-state index contributed by atoms with van der Waals surface area (Å²) < 4.78 is 46.1. The van der Waals surface area contributed by atoms with Crippen LogP contribution in [0.3, 0.4) is 0 Å². The van der Waals surface area contributed by atoms with E-state index in [1.165, 1.54) is 16.8 Å². The number of aryl methyl sites for hydroxylation is 2. The molecule has 0 spiro atoms. The molecule has 146 valence electrons. The van der Waals surface area contributed by atoms with Crippen molar-refractivity contribution in [3.63, 3.8) is 0 Å². The van der Waals surface area contributed by atoms with Crippen molar-refractivity contribution in [1.82, 2.24) is 9.78 Å². The van der Waals surface area contributed by atoms with Crippen LogP contribution in [-0.2, 0) is 10.9 Å². The number of aromatic nitrogens is 2. The minimum Gasteiger partial charge on any atom is -0.462 e. The molecule has 0 saturated carbocycles. The Hall–Kier alpha value is -3.09. The molecule has 7 heteroatoms. The first-order chi connectivity index (χ1) is 13.2. The van der Waals surface area contributed by atoms with Gasteiger partial charge in [-0.1, -0.05) is 17.7 Å². The third kappa shape index (κ3) is 3.93. The number of benzene rings is 2. The lowest BCUT2D eigenvalue weighted by Crippen LogP contribution is -2.08. The Morgan fingerprint density at radius 1 is 1.07 bits per heavy atom. The number of rotatable bonds is 4. The number of alkyl halides is 3. The SMILES string of the molecule is CCOC(=O)c1ccc(-n2nc(C(F)(F)F)cc2-c2cc(C)ccc2C)cc1. The quantitative estimate of drug-likeness (QED) is 0.566. The van der Waals surface area contributed by atoms with Crippen molar-refractivity contribution >= 4 is 5.97 Å². The van der Waals surface area contributed by atoms with Gasteiger partial charge in [-0.3, -0.25) is 0 Å². The Labute approximate surface area is 160 Å². The fourth-order valence-electron chi connectivity index (χ4n) is 2.87. The summed E-state index contributed by atoms with van der Waals surface area (Å²) in [5, 5.41) is 3.79. The van der Waals surface area contributed by atoms with E-state index in [0.717, 1.165) is 17.2 Å². The maximum absolute atomic E-state index is 13.3. The Morgan fingerprint density at radius 2 is 1.75 bits per heavy atom. The maximum Gasteiger partial charge on any atom is 0.435 e. The van der Waals surface area contributed by atoms with Crippen molar-refractivity contribution in [2.24, 2.45) is 0 Å². The minimum absolute atomic E-state index is 0.242. The van der Waals surface area contributed by atoms with Crippen molar-refractivity contribution < 1.29 is 22.7 Å². The highest BCUT2D eigenvalue weighted by molar-refractivity contribution is 5.89. The predicted molar refractivity (Wildman–Crippen MR) is 99.4 cm³/mol. The van der Waals surface area contributed by atoms with E-state index in [1.54, 1.807) is 19.1 Å². The first-order valence-electron chi connectivity index (χ1n) is 8.73. The summed E-state index contributed by atoms with van der Waals surface area (Å²) in [5.74, 6) is -0.486. The van der Waals surface area contributed by atoms with Gasteiger partial charge in [0.15, 0.2) is 5.69 Å². The first kappa shape index (κ1) is 19.7. The molecule has 4 nitrogen and oxygen atoms in total. The fraction of sp³-hybridized carbons (Fsp3) is 0.238. The topological polar surface area (TPSA) is 44.1 Å². The van der Waals surface area contributed by atoms with E-state index >= 15 is 0 Å². The molecule has 0 N–H and O–H groups in total. The molecule has 28 heavy (non-hydrogen) atoms. The fourth-order valence-corrected chi connectivity index (χ4v) is 2.87. The van der Waals surface area contributed by atoms with E-state index < -0.39 is 17.8 Å². The molecule has 0 aliphatic rings. The van der Waals surface area contributed by atoms with Gasteiger partial charge in [0.2, 0.25) is 0 Å². The molecule has 0 fully saturated rings. The summed E-state index contributed by atoms with van der Waals surface area (Å²) in [6.45, 7) is 5.66. The molecule has 1 heterocycles. The number of hydrogen-bond acceptors (Lipinski definition) is 3. The summed E-state index contributed by atoms with van der Waals surface area (Å²) in [6.07, 6.45) is -4.57. The second kappa shape index (κ2) is 7.50. The van der Waals surface area contributed by atoms with E-state index in [9.17, 15) is 18.0 Å². The van der Waals surface area contributed by atoms with Crippen LogP contribution < -0.4 is 0 Å². The Bertz CT molecular complexity index is 1010. The van der Waals surface area contributed by atoms with Crippen molar-refractivity contribution in [3.8, 4) is 16.9 Å². The molecule has 0 amide bonds. The van der Waals surface area contributed by atoms with Crippen molar-refractivity contribution in [2.45, 2.75) is 26.9 Å². The maximum atomic E-state index is 13.3. The van der Waals surface area contributed by atoms with Crippen LogP contribution in [0.2, 0.25) is 0 Å². The van der Waals surface area contributed by atoms with Crippen LogP contribution in [0.4, 0.5) is 13.2 Å². The average Bonchev–Trinajstić information content (AvgIpc) is 3.09. The number of nitrogens with zero attached hydrogens (tertiary/aromatic N) is 2. The molecular formula is C21H19F3N2O2. The largest absolute Gasteiger partial charge is 0.462 e. The van der Waals surface area contributed by atoms with Crippen molar-refractivity contribution in [1.29, 1.82) is 0 Å². The minimum atomic E-state index is -4.57. The van der Waals surface area contributed by atoms with Crippen LogP contribution in [0.1, 0.15) is 34.1 Å². The van der Waals surface area contributed by atoms with Gasteiger partial charge in [0.05, 0.1) is 23.6 Å². The standard InChI is InChI=1S/C21H19F3N2O2/c1-4-28-20(27)15-7-9-16(10-8-15)26-18(12-19(25-26)21(22,23)24)17-11-13(2)5-6-14(17)3/h5-12H,4H2,1-3H3. The van der Waals surface area contributed by atoms with E-state index in [4.69, 9.17) is 4.74 Å². The van der Waals surface area contributed by atoms with Crippen LogP contribution in [0, 0.1) is 13.8 Å². The average molecular weight is 388 g/mol. The zero-order valence-electron chi connectivity index (χ0n) is 15.7. The van der Waals surface area contributed by atoms with Crippen LogP contribution in [0.15, 0.2) is 48.5 Å². The summed E-state index contributed by atoms with van der Waals surface area (Å²) >= 11 is 0. The molecular weight excluding hydrogens is 369 g/mol. The van der Waals surface area contributed by atoms with Crippen molar-refractivity contribution in [2.75, 3.05) is 6.61 Å². The Kier molecular flexibility index (Phi) is 5.27. The molecule has 0 unspecified atom stereocenters. The summed E-state index contributed by atoms with van der Waals surface area (Å²) in [4.78, 5) is 11.8. The molecule has 0 aliphatic carbocycles. The summed E-state index contributed by atoms with van der Waals surface area (Å²) in [5.41, 5.74) is 2.53. The molecule has 0 radical (unpaired) electrons. The normalized spacial score (nSPS) is 11.5. The molecule has 3 rings (SSSR count). The summed E-state index contributed by atoms with van der Waals surface area (Å²) in [6, 6.07) is 12.8. The van der Waals surface area contributed by atoms with Gasteiger partial charge < -0.3 is 4.74 Å². The van der Waals surface area contributed by atoms with E-state index in [1.807, 2.05) is 32.0 Å². The lowest BCUT2D eigenvalue weighted by molar-refractivity contribution is -0.141. The highest BCUT2D eigenvalue weighted by Gasteiger charge is 2.35. The number of halogens is 3. The van der Waals surface area contributed by atoms with Gasteiger partial charge in [0.1, 0.15) is 0 Å². The van der Waals surface area contributed by atoms with Crippen molar-refractivity contribution in [3.05, 3.63) is 70.9 Å².